The highest BCUT2D eigenvalue weighted by atomic mass is 32.2. The smallest absolute Gasteiger partial charge is 0.253 e. The van der Waals surface area contributed by atoms with Gasteiger partial charge in [-0.3, -0.25) is 4.79 Å². The van der Waals surface area contributed by atoms with E-state index in [-0.39, 0.29) is 5.91 Å². The van der Waals surface area contributed by atoms with Gasteiger partial charge < -0.3 is 9.64 Å². The van der Waals surface area contributed by atoms with E-state index in [1.165, 1.54) is 4.31 Å². The fraction of sp³-hybridized carbons (Fsp3) is 0.381. The Kier molecular flexibility index (Phi) is 6.17. The average molecular weight is 403 g/mol. The van der Waals surface area contributed by atoms with Gasteiger partial charge in [0.05, 0.1) is 11.5 Å². The van der Waals surface area contributed by atoms with Crippen LogP contribution in [0.5, 0.6) is 0 Å². The first-order valence-electron chi connectivity index (χ1n) is 9.27. The second kappa shape index (κ2) is 8.43. The topological polar surface area (TPSA) is 66.9 Å². The van der Waals surface area contributed by atoms with Crippen LogP contribution in [0.2, 0.25) is 0 Å². The molecule has 1 heterocycles. The number of hydrogen-bond donors (Lipinski definition) is 0. The Hall–Kier alpha value is -2.22. The van der Waals surface area contributed by atoms with Gasteiger partial charge in [0.2, 0.25) is 10.0 Å². The van der Waals surface area contributed by atoms with Crippen LogP contribution >= 0.6 is 0 Å². The highest BCUT2D eigenvalue weighted by Gasteiger charge is 2.31. The summed E-state index contributed by atoms with van der Waals surface area (Å²) in [6.45, 7) is 5.53. The molecule has 150 valence electrons. The van der Waals surface area contributed by atoms with Crippen molar-refractivity contribution < 1.29 is 17.9 Å². The summed E-state index contributed by atoms with van der Waals surface area (Å²) < 4.78 is 32.6. The molecule has 1 saturated heterocycles. The summed E-state index contributed by atoms with van der Waals surface area (Å²) >= 11 is 0. The third-order valence-corrected chi connectivity index (χ3v) is 7.02. The van der Waals surface area contributed by atoms with Crippen LogP contribution in [0.25, 0.3) is 0 Å². The molecule has 0 aromatic heterocycles. The largest absolute Gasteiger partial charge is 0.380 e. The van der Waals surface area contributed by atoms with E-state index in [0.29, 0.717) is 43.2 Å². The number of hydrogen-bond acceptors (Lipinski definition) is 4. The summed E-state index contributed by atoms with van der Waals surface area (Å²) in [6, 6.07) is 12.7. The Morgan fingerprint density at radius 1 is 1.04 bits per heavy atom. The zero-order chi connectivity index (χ0) is 20.3. The zero-order valence-electron chi connectivity index (χ0n) is 16.5. The predicted molar refractivity (Wildman–Crippen MR) is 108 cm³/mol. The molecule has 1 fully saturated rings. The summed E-state index contributed by atoms with van der Waals surface area (Å²) in [7, 11) is -1.94. The van der Waals surface area contributed by atoms with Gasteiger partial charge in [0.25, 0.3) is 5.91 Å². The van der Waals surface area contributed by atoms with Crippen molar-refractivity contribution in [2.75, 3.05) is 33.3 Å². The van der Waals surface area contributed by atoms with Crippen molar-refractivity contribution >= 4 is 15.9 Å². The number of amides is 1. The summed E-state index contributed by atoms with van der Waals surface area (Å²) in [6.07, 6.45) is 0. The minimum absolute atomic E-state index is 0.0819. The van der Waals surface area contributed by atoms with Crippen LogP contribution in [-0.4, -0.2) is 56.8 Å². The molecule has 1 aliphatic heterocycles. The molecule has 6 nitrogen and oxygen atoms in total. The molecule has 0 bridgehead atoms. The van der Waals surface area contributed by atoms with E-state index in [0.717, 1.165) is 16.7 Å². The number of ether oxygens (including phenoxy) is 1. The van der Waals surface area contributed by atoms with E-state index in [4.69, 9.17) is 4.74 Å². The first kappa shape index (κ1) is 20.5. The van der Waals surface area contributed by atoms with Crippen LogP contribution in [0, 0.1) is 13.8 Å². The fourth-order valence-electron chi connectivity index (χ4n) is 3.50. The van der Waals surface area contributed by atoms with E-state index in [9.17, 15) is 13.2 Å². The van der Waals surface area contributed by atoms with Crippen molar-refractivity contribution in [3.63, 3.8) is 0 Å². The molecule has 0 N–H and O–H groups in total. The molecule has 3 rings (SSSR count). The Bertz CT molecular complexity index is 964. The van der Waals surface area contributed by atoms with E-state index in [2.05, 4.69) is 0 Å². The molecule has 0 unspecified atom stereocenters. The van der Waals surface area contributed by atoms with Gasteiger partial charge in [0.1, 0.15) is 0 Å². The van der Waals surface area contributed by atoms with Crippen LogP contribution in [0.1, 0.15) is 27.0 Å². The third-order valence-electron chi connectivity index (χ3n) is 4.96. The van der Waals surface area contributed by atoms with Gasteiger partial charge in [-0.25, -0.2) is 8.42 Å². The SMILES string of the molecule is COCc1cccc(C(=O)N2CCN(S(=O)(=O)c3ccc(C)cc3C)CC2)c1. The molecule has 2 aromatic carbocycles. The van der Waals surface area contributed by atoms with E-state index in [1.807, 2.05) is 44.2 Å². The maximum Gasteiger partial charge on any atom is 0.253 e. The molecule has 0 radical (unpaired) electrons. The second-order valence-corrected chi connectivity index (χ2v) is 9.00. The van der Waals surface area contributed by atoms with Crippen molar-refractivity contribution in [2.45, 2.75) is 25.3 Å². The Labute approximate surface area is 166 Å². The van der Waals surface area contributed by atoms with Gasteiger partial charge in [-0.2, -0.15) is 4.31 Å². The van der Waals surface area contributed by atoms with Crippen LogP contribution in [0.4, 0.5) is 0 Å². The van der Waals surface area contributed by atoms with Crippen LogP contribution in [0.15, 0.2) is 47.4 Å². The molecular formula is C21H26N2O4S. The first-order valence-corrected chi connectivity index (χ1v) is 10.7. The number of carbonyl (C=O) groups excluding carboxylic acids is 1. The summed E-state index contributed by atoms with van der Waals surface area (Å²) in [5.41, 5.74) is 3.31. The van der Waals surface area contributed by atoms with Crippen LogP contribution in [0.3, 0.4) is 0 Å². The van der Waals surface area contributed by atoms with Gasteiger partial charge in [-0.05, 0) is 43.2 Å². The molecule has 1 aliphatic rings. The highest BCUT2D eigenvalue weighted by molar-refractivity contribution is 7.89. The third kappa shape index (κ3) is 4.27. The molecule has 0 atom stereocenters. The summed E-state index contributed by atoms with van der Waals surface area (Å²) in [5, 5.41) is 0. The molecule has 28 heavy (non-hydrogen) atoms. The Morgan fingerprint density at radius 2 is 1.75 bits per heavy atom. The van der Waals surface area contributed by atoms with E-state index < -0.39 is 10.0 Å². The maximum absolute atomic E-state index is 13.0. The minimum atomic E-state index is -3.56. The molecule has 0 aliphatic carbocycles. The number of aryl methyl sites for hydroxylation is 2. The van der Waals surface area contributed by atoms with Crippen LogP contribution < -0.4 is 0 Å². The minimum Gasteiger partial charge on any atom is -0.380 e. The van der Waals surface area contributed by atoms with Crippen molar-refractivity contribution in [1.82, 2.24) is 9.21 Å². The number of sulfonamides is 1. The lowest BCUT2D eigenvalue weighted by Gasteiger charge is -2.34. The monoisotopic (exact) mass is 402 g/mol. The Morgan fingerprint density at radius 3 is 2.39 bits per heavy atom. The standard InChI is InChI=1S/C21H26N2O4S/c1-16-7-8-20(17(2)13-16)28(25,26)23-11-9-22(10-12-23)21(24)19-6-4-5-18(14-19)15-27-3/h4-8,13-14H,9-12,15H2,1-3H3. The quantitative estimate of drug-likeness (QED) is 0.771. The lowest BCUT2D eigenvalue weighted by atomic mass is 10.1. The lowest BCUT2D eigenvalue weighted by Crippen LogP contribution is -2.50. The number of piperazine rings is 1. The van der Waals surface area contributed by atoms with Gasteiger partial charge >= 0.3 is 0 Å². The molecular weight excluding hydrogens is 376 g/mol. The number of rotatable bonds is 5. The van der Waals surface area contributed by atoms with Crippen molar-refractivity contribution in [3.05, 3.63) is 64.7 Å². The zero-order valence-corrected chi connectivity index (χ0v) is 17.3. The first-order chi connectivity index (χ1) is 13.3. The summed E-state index contributed by atoms with van der Waals surface area (Å²) in [4.78, 5) is 14.8. The van der Waals surface area contributed by atoms with Gasteiger partial charge in [0, 0.05) is 38.9 Å². The van der Waals surface area contributed by atoms with Crippen molar-refractivity contribution in [3.8, 4) is 0 Å². The van der Waals surface area contributed by atoms with Gasteiger partial charge in [0.15, 0.2) is 0 Å². The lowest BCUT2D eigenvalue weighted by molar-refractivity contribution is 0.0697. The van der Waals surface area contributed by atoms with Gasteiger partial charge in [-0.15, -0.1) is 0 Å². The maximum atomic E-state index is 13.0. The van der Waals surface area contributed by atoms with E-state index >= 15 is 0 Å². The molecule has 2 aromatic rings. The molecule has 1 amide bonds. The van der Waals surface area contributed by atoms with Crippen molar-refractivity contribution in [2.24, 2.45) is 0 Å². The fourth-order valence-corrected chi connectivity index (χ4v) is 5.13. The van der Waals surface area contributed by atoms with Crippen LogP contribution in [-0.2, 0) is 21.4 Å². The molecule has 0 spiro atoms. The van der Waals surface area contributed by atoms with Crippen molar-refractivity contribution in [1.29, 1.82) is 0 Å². The summed E-state index contributed by atoms with van der Waals surface area (Å²) in [5.74, 6) is -0.0819. The number of benzene rings is 2. The number of nitrogens with zero attached hydrogens (tertiary/aromatic N) is 2. The highest BCUT2D eigenvalue weighted by Crippen LogP contribution is 2.22. The average Bonchev–Trinajstić information content (AvgIpc) is 2.68. The number of carbonyl (C=O) groups is 1. The molecule has 7 heteroatoms. The predicted octanol–water partition coefficient (Wildman–Crippen LogP) is 2.60. The second-order valence-electron chi connectivity index (χ2n) is 7.10. The van der Waals surface area contributed by atoms with Gasteiger partial charge in [-0.1, -0.05) is 29.8 Å². The normalized spacial score (nSPS) is 15.6. The van der Waals surface area contributed by atoms with E-state index in [1.54, 1.807) is 24.1 Å². The Balaban J connectivity index is 1.70. The number of methoxy groups -OCH3 is 1. The molecule has 0 saturated carbocycles.